The van der Waals surface area contributed by atoms with Crippen LogP contribution in [0.15, 0.2) is 36.4 Å². The third kappa shape index (κ3) is 5.98. The number of carbonyl (C=O) groups excluding carboxylic acids is 1. The highest BCUT2D eigenvalue weighted by atomic mass is 35.5. The fraction of sp³-hybridized carbons (Fsp3) is 0.500. The second-order valence-corrected chi connectivity index (χ2v) is 11.4. The van der Waals surface area contributed by atoms with Gasteiger partial charge in [0.25, 0.3) is 0 Å². The molecule has 1 aliphatic rings. The quantitative estimate of drug-likeness (QED) is 0.328. The third-order valence-electron chi connectivity index (χ3n) is 7.62. The molecular weight excluding hydrogens is 535 g/mol. The summed E-state index contributed by atoms with van der Waals surface area (Å²) in [6.45, 7) is 5.58. The molecule has 2 aromatic rings. The molecule has 0 radical (unpaired) electrons. The third-order valence-corrected chi connectivity index (χ3v) is 8.14. The highest BCUT2D eigenvalue weighted by Crippen LogP contribution is 2.53. The molecule has 0 spiro atoms. The van der Waals surface area contributed by atoms with Gasteiger partial charge in [0.15, 0.2) is 0 Å². The molecule has 0 aromatic heterocycles. The molecule has 3 rings (SSSR count). The topological polar surface area (TPSA) is 105 Å². The van der Waals surface area contributed by atoms with Crippen molar-refractivity contribution in [3.8, 4) is 6.07 Å². The van der Waals surface area contributed by atoms with Crippen LogP contribution in [0.5, 0.6) is 0 Å². The van der Waals surface area contributed by atoms with Gasteiger partial charge in [-0.1, -0.05) is 68.6 Å². The van der Waals surface area contributed by atoms with Gasteiger partial charge in [0.1, 0.15) is 17.0 Å². The van der Waals surface area contributed by atoms with Gasteiger partial charge >= 0.3 is 0 Å². The highest BCUT2D eigenvalue weighted by Gasteiger charge is 2.61. The maximum absolute atomic E-state index is 15.6. The second-order valence-electron chi connectivity index (χ2n) is 10.6. The number of amides is 1. The van der Waals surface area contributed by atoms with E-state index in [9.17, 15) is 15.2 Å². The van der Waals surface area contributed by atoms with Crippen LogP contribution in [0.25, 0.3) is 0 Å². The Morgan fingerprint density at radius 1 is 1.29 bits per heavy atom. The molecular formula is C28H33Cl2F2N3O3. The van der Waals surface area contributed by atoms with E-state index < -0.39 is 53.7 Å². The van der Waals surface area contributed by atoms with E-state index in [1.54, 1.807) is 0 Å². The molecule has 38 heavy (non-hydrogen) atoms. The Balaban J connectivity index is 2.25. The monoisotopic (exact) mass is 567 g/mol. The van der Waals surface area contributed by atoms with Crippen LogP contribution in [-0.4, -0.2) is 47.5 Å². The zero-order chi connectivity index (χ0) is 28.3. The van der Waals surface area contributed by atoms with Crippen molar-refractivity contribution in [1.82, 2.24) is 10.6 Å². The Labute approximate surface area is 232 Å². The minimum Gasteiger partial charge on any atom is -0.394 e. The van der Waals surface area contributed by atoms with Crippen LogP contribution in [0.1, 0.15) is 57.1 Å². The SMILES string of the molecule is CCC(C)(C)C[C@@H]1N[C@@H](C(=O)NCC[C@H](O)CO)[C@H](c2cccc(Cl)c2F)[C@@]1(C#N)c1ccc(Cl)cc1F. The average molecular weight is 568 g/mol. The first-order chi connectivity index (χ1) is 17.9. The molecule has 1 saturated heterocycles. The fourth-order valence-corrected chi connectivity index (χ4v) is 5.55. The summed E-state index contributed by atoms with van der Waals surface area (Å²) in [5.41, 5.74) is -2.01. The van der Waals surface area contributed by atoms with Crippen molar-refractivity contribution in [1.29, 1.82) is 5.26 Å². The van der Waals surface area contributed by atoms with Gasteiger partial charge in [-0.15, -0.1) is 0 Å². The van der Waals surface area contributed by atoms with E-state index in [2.05, 4.69) is 16.7 Å². The van der Waals surface area contributed by atoms with Gasteiger partial charge in [-0.25, -0.2) is 8.78 Å². The Bertz CT molecular complexity index is 1210. The number of nitrogens with one attached hydrogen (secondary N) is 2. The summed E-state index contributed by atoms with van der Waals surface area (Å²) in [5.74, 6) is -3.24. The molecule has 1 amide bonds. The Kier molecular flexibility index (Phi) is 9.77. The van der Waals surface area contributed by atoms with Crippen LogP contribution in [0.3, 0.4) is 0 Å². The van der Waals surface area contributed by atoms with Crippen molar-refractivity contribution < 1.29 is 23.8 Å². The zero-order valence-electron chi connectivity index (χ0n) is 21.6. The van der Waals surface area contributed by atoms with E-state index in [0.717, 1.165) is 12.5 Å². The van der Waals surface area contributed by atoms with Crippen LogP contribution in [0.2, 0.25) is 10.0 Å². The summed E-state index contributed by atoms with van der Waals surface area (Å²) >= 11 is 12.2. The Hall–Kier alpha value is -2.28. The van der Waals surface area contributed by atoms with Gasteiger partial charge in [-0.05, 0) is 42.0 Å². The zero-order valence-corrected chi connectivity index (χ0v) is 23.1. The van der Waals surface area contributed by atoms with E-state index >= 15 is 8.78 Å². The number of nitriles is 1. The summed E-state index contributed by atoms with van der Waals surface area (Å²) in [6.07, 6.45) is 0.187. The van der Waals surface area contributed by atoms with Crippen molar-refractivity contribution in [2.24, 2.45) is 5.41 Å². The Morgan fingerprint density at radius 3 is 2.61 bits per heavy atom. The molecule has 0 saturated carbocycles. The summed E-state index contributed by atoms with van der Waals surface area (Å²) in [4.78, 5) is 13.6. The number of halogens is 4. The summed E-state index contributed by atoms with van der Waals surface area (Å²) in [6, 6.07) is 8.75. The first-order valence-corrected chi connectivity index (χ1v) is 13.3. The summed E-state index contributed by atoms with van der Waals surface area (Å²) < 4.78 is 31.2. The number of hydrogen-bond acceptors (Lipinski definition) is 5. The lowest BCUT2D eigenvalue weighted by atomic mass is 9.62. The van der Waals surface area contributed by atoms with Gasteiger partial charge in [0.05, 0.1) is 29.8 Å². The van der Waals surface area contributed by atoms with Crippen molar-refractivity contribution >= 4 is 29.1 Å². The largest absolute Gasteiger partial charge is 0.394 e. The lowest BCUT2D eigenvalue weighted by Crippen LogP contribution is -2.46. The highest BCUT2D eigenvalue weighted by molar-refractivity contribution is 6.31. The van der Waals surface area contributed by atoms with Gasteiger partial charge in [-0.3, -0.25) is 4.79 Å². The van der Waals surface area contributed by atoms with Gasteiger partial charge in [-0.2, -0.15) is 5.26 Å². The number of aliphatic hydroxyl groups excluding tert-OH is 2. The van der Waals surface area contributed by atoms with Crippen molar-refractivity contribution in [3.05, 3.63) is 69.2 Å². The van der Waals surface area contributed by atoms with E-state index in [0.29, 0.717) is 6.42 Å². The normalized spacial score (nSPS) is 24.2. The van der Waals surface area contributed by atoms with Crippen LogP contribution in [-0.2, 0) is 10.2 Å². The molecule has 4 N–H and O–H groups in total. The first kappa shape index (κ1) is 30.3. The predicted octanol–water partition coefficient (Wildman–Crippen LogP) is 4.84. The van der Waals surface area contributed by atoms with Gasteiger partial charge in [0, 0.05) is 29.1 Å². The first-order valence-electron chi connectivity index (χ1n) is 12.5. The summed E-state index contributed by atoms with van der Waals surface area (Å²) in [7, 11) is 0. The van der Waals surface area contributed by atoms with Crippen LogP contribution in [0.4, 0.5) is 8.78 Å². The lowest BCUT2D eigenvalue weighted by molar-refractivity contribution is -0.123. The molecule has 1 aliphatic heterocycles. The van der Waals surface area contributed by atoms with Crippen molar-refractivity contribution in [2.45, 2.75) is 69.6 Å². The second kappa shape index (κ2) is 12.3. The number of nitrogens with zero attached hydrogens (tertiary/aromatic N) is 1. The molecule has 0 bridgehead atoms. The van der Waals surface area contributed by atoms with Crippen molar-refractivity contribution in [3.63, 3.8) is 0 Å². The number of benzene rings is 2. The molecule has 5 atom stereocenters. The standard InChI is InChI=1S/C28H33Cl2F2N3O3/c1-4-27(2,3)13-22-28(15-33,19-9-8-16(29)12-21(19)31)23(18-6-5-7-20(30)24(18)32)25(35-22)26(38)34-11-10-17(37)14-36/h5-9,12,17,22-23,25,35-37H,4,10-11,13-14H2,1-3H3,(H,34,38)/t17-,22-,23-,25+,28-/m0/s1. The van der Waals surface area contributed by atoms with Crippen LogP contribution >= 0.6 is 23.2 Å². The lowest BCUT2D eigenvalue weighted by Gasteiger charge is -2.38. The van der Waals surface area contributed by atoms with Crippen molar-refractivity contribution in [2.75, 3.05) is 13.2 Å². The van der Waals surface area contributed by atoms with Crippen LogP contribution in [0, 0.1) is 28.4 Å². The van der Waals surface area contributed by atoms with E-state index in [4.69, 9.17) is 28.3 Å². The average Bonchev–Trinajstić information content (AvgIpc) is 3.19. The van der Waals surface area contributed by atoms with Gasteiger partial charge in [0.2, 0.25) is 5.91 Å². The van der Waals surface area contributed by atoms with E-state index in [-0.39, 0.29) is 39.6 Å². The minimum absolute atomic E-state index is 0.00387. The molecule has 1 fully saturated rings. The summed E-state index contributed by atoms with van der Waals surface area (Å²) in [5, 5.41) is 35.5. The molecule has 206 valence electrons. The number of rotatable bonds is 10. The molecule has 6 nitrogen and oxygen atoms in total. The smallest absolute Gasteiger partial charge is 0.237 e. The number of hydrogen-bond donors (Lipinski definition) is 4. The number of carbonyl (C=O) groups is 1. The van der Waals surface area contributed by atoms with E-state index in [1.165, 1.54) is 30.3 Å². The minimum atomic E-state index is -1.71. The number of aliphatic hydroxyl groups is 2. The maximum atomic E-state index is 15.6. The Morgan fingerprint density at radius 2 is 2.00 bits per heavy atom. The van der Waals surface area contributed by atoms with Crippen LogP contribution < -0.4 is 10.6 Å². The fourth-order valence-electron chi connectivity index (χ4n) is 5.20. The molecule has 1 heterocycles. The molecule has 0 unspecified atom stereocenters. The maximum Gasteiger partial charge on any atom is 0.237 e. The molecule has 0 aliphatic carbocycles. The predicted molar refractivity (Wildman–Crippen MR) is 143 cm³/mol. The molecule has 10 heteroatoms. The van der Waals surface area contributed by atoms with Gasteiger partial charge < -0.3 is 20.8 Å². The van der Waals surface area contributed by atoms with E-state index in [1.807, 2.05) is 20.8 Å². The molecule has 2 aromatic carbocycles.